The molecule has 3 aromatic rings. The van der Waals surface area contributed by atoms with E-state index in [0.717, 1.165) is 27.7 Å². The molecular weight excluding hydrogens is 356 g/mol. The number of rotatable bonds is 4. The van der Waals surface area contributed by atoms with Crippen LogP contribution >= 0.6 is 11.8 Å². The minimum Gasteiger partial charge on any atom is -0.497 e. The van der Waals surface area contributed by atoms with Crippen LogP contribution in [0, 0.1) is 0 Å². The lowest BCUT2D eigenvalue weighted by atomic mass is 9.99. The van der Waals surface area contributed by atoms with Gasteiger partial charge in [0, 0.05) is 24.2 Å². The van der Waals surface area contributed by atoms with Gasteiger partial charge in [-0.3, -0.25) is 4.79 Å². The van der Waals surface area contributed by atoms with E-state index >= 15 is 0 Å². The number of carbonyl (C=O) groups is 1. The topological polar surface area (TPSA) is 42.4 Å². The quantitative estimate of drug-likeness (QED) is 0.675. The van der Waals surface area contributed by atoms with E-state index in [-0.39, 0.29) is 5.91 Å². The Morgan fingerprint density at radius 2 is 1.93 bits per heavy atom. The Bertz CT molecular complexity index is 960. The number of methoxy groups -OCH3 is 1. The molecule has 4 nitrogen and oxygen atoms in total. The van der Waals surface area contributed by atoms with Crippen molar-refractivity contribution < 1.29 is 9.53 Å². The van der Waals surface area contributed by atoms with Crippen LogP contribution in [-0.4, -0.2) is 29.4 Å². The molecule has 0 saturated heterocycles. The lowest BCUT2D eigenvalue weighted by Gasteiger charge is -2.29. The van der Waals surface area contributed by atoms with E-state index < -0.39 is 0 Å². The molecule has 1 aromatic heterocycles. The van der Waals surface area contributed by atoms with Gasteiger partial charge in [-0.05, 0) is 53.9 Å². The Kier molecular flexibility index (Phi) is 5.12. The Morgan fingerprint density at radius 1 is 1.07 bits per heavy atom. The molecule has 136 valence electrons. The summed E-state index contributed by atoms with van der Waals surface area (Å²) in [6.45, 7) is 1.30. The molecular formula is C22H20N2O2S. The van der Waals surface area contributed by atoms with Gasteiger partial charge in [0.15, 0.2) is 0 Å². The van der Waals surface area contributed by atoms with Crippen LogP contribution in [0.4, 0.5) is 0 Å². The zero-order valence-corrected chi connectivity index (χ0v) is 15.9. The molecule has 2 aromatic carbocycles. The van der Waals surface area contributed by atoms with Gasteiger partial charge >= 0.3 is 0 Å². The summed E-state index contributed by atoms with van der Waals surface area (Å²) in [7, 11) is 1.66. The predicted octanol–water partition coefficient (Wildman–Crippen LogP) is 4.44. The Hall–Kier alpha value is -2.79. The van der Waals surface area contributed by atoms with Gasteiger partial charge in [-0.2, -0.15) is 0 Å². The molecule has 0 spiro atoms. The van der Waals surface area contributed by atoms with Gasteiger partial charge in [0.2, 0.25) is 0 Å². The first-order chi connectivity index (χ1) is 13.2. The first-order valence-corrected chi connectivity index (χ1v) is 9.69. The fraction of sp³-hybridized carbons (Fsp3) is 0.182. The first-order valence-electron chi connectivity index (χ1n) is 8.87. The van der Waals surface area contributed by atoms with Gasteiger partial charge in [0.1, 0.15) is 10.8 Å². The fourth-order valence-electron chi connectivity index (χ4n) is 3.24. The average Bonchev–Trinajstić information content (AvgIpc) is 2.73. The summed E-state index contributed by atoms with van der Waals surface area (Å²) in [5.41, 5.74) is 3.08. The highest BCUT2D eigenvalue weighted by Gasteiger charge is 2.24. The van der Waals surface area contributed by atoms with Crippen LogP contribution in [0.15, 0.2) is 76.8 Å². The molecule has 2 heterocycles. The number of fused-ring (bicyclic) bond motifs is 1. The van der Waals surface area contributed by atoms with Crippen LogP contribution in [0.25, 0.3) is 0 Å². The standard InChI is InChI=1S/C22H20N2O2S/c1-26-18-10-9-16-11-13-24(15-17(16)14-18)22(25)20-8-5-12-23-21(20)27-19-6-3-2-4-7-19/h2-10,12,14H,11,13,15H2,1H3. The highest BCUT2D eigenvalue weighted by Crippen LogP contribution is 2.30. The van der Waals surface area contributed by atoms with Crippen LogP contribution in [-0.2, 0) is 13.0 Å². The molecule has 27 heavy (non-hydrogen) atoms. The number of benzene rings is 2. The maximum absolute atomic E-state index is 13.2. The van der Waals surface area contributed by atoms with Crippen molar-refractivity contribution in [2.45, 2.75) is 22.9 Å². The monoisotopic (exact) mass is 376 g/mol. The SMILES string of the molecule is COc1ccc2c(c1)CN(C(=O)c1cccnc1Sc1ccccc1)CC2. The van der Waals surface area contributed by atoms with E-state index in [4.69, 9.17) is 4.74 Å². The summed E-state index contributed by atoms with van der Waals surface area (Å²) in [6, 6.07) is 19.8. The number of hydrogen-bond donors (Lipinski definition) is 0. The van der Waals surface area contributed by atoms with Crippen molar-refractivity contribution in [3.05, 3.63) is 83.6 Å². The zero-order valence-electron chi connectivity index (χ0n) is 15.1. The average molecular weight is 376 g/mol. The smallest absolute Gasteiger partial charge is 0.256 e. The van der Waals surface area contributed by atoms with Gasteiger partial charge in [0.25, 0.3) is 5.91 Å². The van der Waals surface area contributed by atoms with Crippen molar-refractivity contribution in [3.63, 3.8) is 0 Å². The van der Waals surface area contributed by atoms with E-state index in [9.17, 15) is 4.79 Å². The molecule has 1 amide bonds. The van der Waals surface area contributed by atoms with Gasteiger partial charge in [-0.25, -0.2) is 4.98 Å². The molecule has 0 N–H and O–H groups in total. The van der Waals surface area contributed by atoms with Crippen molar-refractivity contribution in [1.29, 1.82) is 0 Å². The molecule has 0 radical (unpaired) electrons. The minimum atomic E-state index is 0.0231. The highest BCUT2D eigenvalue weighted by atomic mass is 32.2. The first kappa shape index (κ1) is 17.6. The normalized spacial score (nSPS) is 13.1. The van der Waals surface area contributed by atoms with Crippen molar-refractivity contribution in [3.8, 4) is 5.75 Å². The lowest BCUT2D eigenvalue weighted by molar-refractivity contribution is 0.0730. The van der Waals surface area contributed by atoms with Crippen LogP contribution in [0.5, 0.6) is 5.75 Å². The van der Waals surface area contributed by atoms with E-state index in [1.54, 1.807) is 13.3 Å². The second kappa shape index (κ2) is 7.84. The van der Waals surface area contributed by atoms with E-state index in [1.807, 2.05) is 59.5 Å². The van der Waals surface area contributed by atoms with Crippen LogP contribution in [0.1, 0.15) is 21.5 Å². The van der Waals surface area contributed by atoms with Crippen molar-refractivity contribution >= 4 is 17.7 Å². The summed E-state index contributed by atoms with van der Waals surface area (Å²) in [5, 5.41) is 0.741. The van der Waals surface area contributed by atoms with Crippen LogP contribution in [0.3, 0.4) is 0 Å². The van der Waals surface area contributed by atoms with E-state index in [0.29, 0.717) is 18.7 Å². The van der Waals surface area contributed by atoms with Crippen molar-refractivity contribution in [2.24, 2.45) is 0 Å². The second-order valence-electron chi connectivity index (χ2n) is 6.38. The third-order valence-corrected chi connectivity index (χ3v) is 5.70. The van der Waals surface area contributed by atoms with Crippen LogP contribution in [0.2, 0.25) is 0 Å². The number of nitrogens with zero attached hydrogens (tertiary/aromatic N) is 2. The highest BCUT2D eigenvalue weighted by molar-refractivity contribution is 7.99. The summed E-state index contributed by atoms with van der Waals surface area (Å²) >= 11 is 1.52. The number of aromatic nitrogens is 1. The molecule has 1 aliphatic rings. The zero-order chi connectivity index (χ0) is 18.6. The number of carbonyl (C=O) groups excluding carboxylic acids is 1. The largest absolute Gasteiger partial charge is 0.497 e. The predicted molar refractivity (Wildman–Crippen MR) is 106 cm³/mol. The number of pyridine rings is 1. The molecule has 0 aliphatic carbocycles. The molecule has 0 atom stereocenters. The molecule has 1 aliphatic heterocycles. The van der Waals surface area contributed by atoms with Crippen molar-refractivity contribution in [1.82, 2.24) is 9.88 Å². The molecule has 5 heteroatoms. The molecule has 0 unspecified atom stereocenters. The number of amides is 1. The molecule has 0 fully saturated rings. The fourth-order valence-corrected chi connectivity index (χ4v) is 4.13. The lowest BCUT2D eigenvalue weighted by Crippen LogP contribution is -2.36. The Balaban J connectivity index is 1.58. The van der Waals surface area contributed by atoms with Crippen molar-refractivity contribution in [2.75, 3.05) is 13.7 Å². The molecule has 4 rings (SSSR count). The van der Waals surface area contributed by atoms with Gasteiger partial charge < -0.3 is 9.64 Å². The number of ether oxygens (including phenoxy) is 1. The minimum absolute atomic E-state index is 0.0231. The van der Waals surface area contributed by atoms with Gasteiger partial charge in [-0.1, -0.05) is 36.0 Å². The van der Waals surface area contributed by atoms with E-state index in [1.165, 1.54) is 17.3 Å². The third-order valence-electron chi connectivity index (χ3n) is 4.67. The number of hydrogen-bond acceptors (Lipinski definition) is 4. The molecule has 0 saturated carbocycles. The van der Waals surface area contributed by atoms with Gasteiger partial charge in [-0.15, -0.1) is 0 Å². The molecule has 0 bridgehead atoms. The second-order valence-corrected chi connectivity index (χ2v) is 7.44. The van der Waals surface area contributed by atoms with Gasteiger partial charge in [0.05, 0.1) is 12.7 Å². The summed E-state index contributed by atoms with van der Waals surface area (Å²) < 4.78 is 5.33. The summed E-state index contributed by atoms with van der Waals surface area (Å²) in [6.07, 6.45) is 2.59. The van der Waals surface area contributed by atoms with E-state index in [2.05, 4.69) is 11.1 Å². The maximum atomic E-state index is 13.2. The maximum Gasteiger partial charge on any atom is 0.256 e. The Morgan fingerprint density at radius 3 is 2.74 bits per heavy atom. The summed E-state index contributed by atoms with van der Waals surface area (Å²) in [4.78, 5) is 20.6. The Labute approximate surface area is 163 Å². The van der Waals surface area contributed by atoms with Crippen LogP contribution < -0.4 is 4.74 Å². The third kappa shape index (κ3) is 3.83. The summed E-state index contributed by atoms with van der Waals surface area (Å²) in [5.74, 6) is 0.847.